The van der Waals surface area contributed by atoms with Gasteiger partial charge in [-0.3, -0.25) is 19.4 Å². The Morgan fingerprint density at radius 2 is 1.73 bits per heavy atom. The van der Waals surface area contributed by atoms with Crippen molar-refractivity contribution in [3.05, 3.63) is 0 Å². The summed E-state index contributed by atoms with van der Waals surface area (Å²) in [7, 11) is 0. The maximum Gasteiger partial charge on any atom is 0.328 e. The van der Waals surface area contributed by atoms with Crippen molar-refractivity contribution < 1.29 is 29.4 Å². The van der Waals surface area contributed by atoms with Crippen LogP contribution in [0, 0.1) is 0 Å². The number of thioether (sulfide) groups is 1. The number of guanidine groups is 1. The molecule has 0 aromatic heterocycles. The molecule has 0 saturated carbocycles. The smallest absolute Gasteiger partial charge is 0.328 e. The number of carboxylic acids is 1. The number of hydrogen-bond donors (Lipinski definition) is 8. The average Bonchev–Trinajstić information content (AvgIpc) is 2.69. The molecular formula is C16H31N7O6S. The zero-order chi connectivity index (χ0) is 23.1. The van der Waals surface area contributed by atoms with Gasteiger partial charge in [-0.05, 0) is 31.3 Å². The maximum atomic E-state index is 12.3. The van der Waals surface area contributed by atoms with Crippen molar-refractivity contribution in [1.29, 1.82) is 0 Å². The molecule has 0 aromatic carbocycles. The van der Waals surface area contributed by atoms with Crippen molar-refractivity contribution in [3.63, 3.8) is 0 Å². The number of carbonyl (C=O) groups excluding carboxylic acids is 3. The largest absolute Gasteiger partial charge is 0.480 e. The molecule has 11 N–H and O–H groups in total. The Labute approximate surface area is 178 Å². The van der Waals surface area contributed by atoms with E-state index in [-0.39, 0.29) is 12.4 Å². The van der Waals surface area contributed by atoms with Crippen molar-refractivity contribution in [2.24, 2.45) is 22.2 Å². The molecular weight excluding hydrogens is 418 g/mol. The van der Waals surface area contributed by atoms with Gasteiger partial charge in [0.1, 0.15) is 12.1 Å². The van der Waals surface area contributed by atoms with Crippen LogP contribution in [0.3, 0.4) is 0 Å². The maximum absolute atomic E-state index is 12.3. The van der Waals surface area contributed by atoms with Gasteiger partial charge in [0.2, 0.25) is 17.7 Å². The molecule has 3 amide bonds. The lowest BCUT2D eigenvalue weighted by molar-refractivity contribution is -0.143. The van der Waals surface area contributed by atoms with Crippen LogP contribution in [0.4, 0.5) is 0 Å². The van der Waals surface area contributed by atoms with Crippen LogP contribution >= 0.6 is 11.8 Å². The molecule has 0 aliphatic heterocycles. The number of aliphatic hydroxyl groups excluding tert-OH is 1. The third-order valence-corrected chi connectivity index (χ3v) is 4.43. The van der Waals surface area contributed by atoms with Gasteiger partial charge in [0.05, 0.1) is 19.2 Å². The van der Waals surface area contributed by atoms with E-state index in [2.05, 4.69) is 20.9 Å². The highest BCUT2D eigenvalue weighted by Gasteiger charge is 2.26. The van der Waals surface area contributed by atoms with Gasteiger partial charge in [0, 0.05) is 6.54 Å². The van der Waals surface area contributed by atoms with Crippen LogP contribution < -0.4 is 33.2 Å². The summed E-state index contributed by atoms with van der Waals surface area (Å²) in [4.78, 5) is 51.0. The molecule has 30 heavy (non-hydrogen) atoms. The quantitative estimate of drug-likeness (QED) is 0.0691. The Morgan fingerprint density at radius 1 is 1.07 bits per heavy atom. The fourth-order valence-electron chi connectivity index (χ4n) is 2.16. The summed E-state index contributed by atoms with van der Waals surface area (Å²) in [6, 6.07) is -3.37. The van der Waals surface area contributed by atoms with Crippen LogP contribution in [-0.4, -0.2) is 89.7 Å². The van der Waals surface area contributed by atoms with E-state index in [1.807, 2.05) is 0 Å². The number of aliphatic carboxylic acids is 1. The minimum Gasteiger partial charge on any atom is -0.480 e. The zero-order valence-corrected chi connectivity index (χ0v) is 17.6. The molecule has 0 aliphatic rings. The molecule has 3 unspecified atom stereocenters. The molecule has 0 spiro atoms. The molecule has 13 nitrogen and oxygen atoms in total. The summed E-state index contributed by atoms with van der Waals surface area (Å²) in [5.74, 6) is -2.89. The molecule has 0 fully saturated rings. The summed E-state index contributed by atoms with van der Waals surface area (Å²) < 4.78 is 0. The van der Waals surface area contributed by atoms with E-state index in [1.54, 1.807) is 6.26 Å². The van der Waals surface area contributed by atoms with Crippen LogP contribution in [0.5, 0.6) is 0 Å². The SMILES string of the molecule is CSCCC(NC(=O)CNC(=O)C(N)CCCN=C(N)N)C(=O)NC(CO)C(=O)O. The van der Waals surface area contributed by atoms with Gasteiger partial charge in [-0.2, -0.15) is 11.8 Å². The predicted molar refractivity (Wildman–Crippen MR) is 112 cm³/mol. The van der Waals surface area contributed by atoms with E-state index in [9.17, 15) is 19.2 Å². The first kappa shape index (κ1) is 27.4. The van der Waals surface area contributed by atoms with Crippen molar-refractivity contribution in [1.82, 2.24) is 16.0 Å². The van der Waals surface area contributed by atoms with Crippen molar-refractivity contribution in [2.75, 3.05) is 31.7 Å². The first-order chi connectivity index (χ1) is 14.1. The molecule has 3 atom stereocenters. The van der Waals surface area contributed by atoms with Gasteiger partial charge in [0.15, 0.2) is 5.96 Å². The van der Waals surface area contributed by atoms with Gasteiger partial charge in [-0.1, -0.05) is 0 Å². The van der Waals surface area contributed by atoms with Gasteiger partial charge in [-0.15, -0.1) is 0 Å². The molecule has 14 heteroatoms. The Hall–Kier alpha value is -2.58. The van der Waals surface area contributed by atoms with E-state index >= 15 is 0 Å². The van der Waals surface area contributed by atoms with Gasteiger partial charge in [-0.25, -0.2) is 4.79 Å². The lowest BCUT2D eigenvalue weighted by Crippen LogP contribution is -2.54. The van der Waals surface area contributed by atoms with E-state index in [4.69, 9.17) is 27.4 Å². The van der Waals surface area contributed by atoms with Crippen LogP contribution in [0.25, 0.3) is 0 Å². The van der Waals surface area contributed by atoms with Gasteiger partial charge in [0.25, 0.3) is 0 Å². The monoisotopic (exact) mass is 449 g/mol. The molecule has 0 rings (SSSR count). The average molecular weight is 450 g/mol. The van der Waals surface area contributed by atoms with E-state index in [1.165, 1.54) is 11.8 Å². The topological polar surface area (TPSA) is 235 Å². The second-order valence-electron chi connectivity index (χ2n) is 6.26. The number of hydrogen-bond acceptors (Lipinski definition) is 8. The molecule has 0 radical (unpaired) electrons. The van der Waals surface area contributed by atoms with Gasteiger partial charge < -0.3 is 43.4 Å². The lowest BCUT2D eigenvalue weighted by atomic mass is 10.1. The normalized spacial score (nSPS) is 13.4. The fourth-order valence-corrected chi connectivity index (χ4v) is 2.63. The third-order valence-electron chi connectivity index (χ3n) is 3.79. The van der Waals surface area contributed by atoms with Crippen LogP contribution in [0.2, 0.25) is 0 Å². The number of aliphatic hydroxyl groups is 1. The highest BCUT2D eigenvalue weighted by Crippen LogP contribution is 2.02. The Bertz CT molecular complexity index is 615. The zero-order valence-electron chi connectivity index (χ0n) is 16.8. The standard InChI is InChI=1S/C16H31N7O6S/c1-30-6-4-10(14(27)23-11(8-24)15(28)29)22-12(25)7-21-13(26)9(17)3-2-5-20-16(18)19/h9-11,24H,2-8,17H2,1H3,(H,21,26)(H,22,25)(H,23,27)(H,28,29)(H4,18,19,20). The second-order valence-corrected chi connectivity index (χ2v) is 7.24. The summed E-state index contributed by atoms with van der Waals surface area (Å²) >= 11 is 1.43. The highest BCUT2D eigenvalue weighted by atomic mass is 32.2. The summed E-state index contributed by atoms with van der Waals surface area (Å²) in [6.45, 7) is -0.881. The Balaban J connectivity index is 4.59. The van der Waals surface area contributed by atoms with Crippen LogP contribution in [0.1, 0.15) is 19.3 Å². The minimum atomic E-state index is -1.48. The van der Waals surface area contributed by atoms with E-state index in [0.29, 0.717) is 25.1 Å². The summed E-state index contributed by atoms with van der Waals surface area (Å²) in [6.07, 6.45) is 2.82. The van der Waals surface area contributed by atoms with E-state index < -0.39 is 55.0 Å². The number of carboxylic acid groups (broad SMARTS) is 1. The number of nitrogens with one attached hydrogen (secondary N) is 3. The first-order valence-corrected chi connectivity index (χ1v) is 10.5. The number of carbonyl (C=O) groups is 4. The Kier molecular flexibility index (Phi) is 14.0. The lowest BCUT2D eigenvalue weighted by Gasteiger charge is -2.20. The van der Waals surface area contributed by atoms with Crippen LogP contribution in [0.15, 0.2) is 4.99 Å². The highest BCUT2D eigenvalue weighted by molar-refractivity contribution is 7.98. The fraction of sp³-hybridized carbons (Fsp3) is 0.688. The Morgan fingerprint density at radius 3 is 2.27 bits per heavy atom. The number of amides is 3. The second kappa shape index (κ2) is 15.3. The number of rotatable bonds is 15. The molecule has 0 heterocycles. The first-order valence-electron chi connectivity index (χ1n) is 9.13. The predicted octanol–water partition coefficient (Wildman–Crippen LogP) is -3.72. The number of aliphatic imine (C=N–C) groups is 1. The van der Waals surface area contributed by atoms with Crippen molar-refractivity contribution in [2.45, 2.75) is 37.4 Å². The van der Waals surface area contributed by atoms with E-state index in [0.717, 1.165) is 0 Å². The van der Waals surface area contributed by atoms with Crippen LogP contribution in [-0.2, 0) is 19.2 Å². The summed E-state index contributed by atoms with van der Waals surface area (Å²) in [5.41, 5.74) is 16.1. The number of nitrogens with zero attached hydrogens (tertiary/aromatic N) is 1. The molecule has 172 valence electrons. The van der Waals surface area contributed by atoms with Crippen molar-refractivity contribution in [3.8, 4) is 0 Å². The third kappa shape index (κ3) is 12.1. The number of nitrogens with two attached hydrogens (primary N) is 3. The molecule has 0 aromatic rings. The molecule has 0 bridgehead atoms. The van der Waals surface area contributed by atoms with Crippen molar-refractivity contribution >= 4 is 41.4 Å². The summed E-state index contributed by atoms with van der Waals surface area (Å²) in [5, 5.41) is 24.9. The minimum absolute atomic E-state index is 0.0570. The molecule has 0 saturated heterocycles. The van der Waals surface area contributed by atoms with Gasteiger partial charge >= 0.3 is 5.97 Å². The molecule has 0 aliphatic carbocycles.